The summed E-state index contributed by atoms with van der Waals surface area (Å²) < 4.78 is 6.38. The van der Waals surface area contributed by atoms with Gasteiger partial charge in [0.25, 0.3) is 0 Å². The highest BCUT2D eigenvalue weighted by atomic mass is 79.9. The normalized spacial score (nSPS) is 11.8. The van der Waals surface area contributed by atoms with Crippen molar-refractivity contribution >= 4 is 33.6 Å². The third-order valence-electron chi connectivity index (χ3n) is 3.68. The third-order valence-corrected chi connectivity index (χ3v) is 5.38. The predicted molar refractivity (Wildman–Crippen MR) is 105 cm³/mol. The number of methoxy groups -OCH3 is 1. The van der Waals surface area contributed by atoms with E-state index in [-0.39, 0.29) is 11.9 Å². The summed E-state index contributed by atoms with van der Waals surface area (Å²) in [5, 5.41) is 3.04. The van der Waals surface area contributed by atoms with Crippen molar-refractivity contribution in [1.29, 1.82) is 0 Å². The van der Waals surface area contributed by atoms with Crippen LogP contribution in [0.5, 0.6) is 5.75 Å². The lowest BCUT2D eigenvalue weighted by atomic mass is 10.1. The summed E-state index contributed by atoms with van der Waals surface area (Å²) in [5.74, 6) is 2.08. The van der Waals surface area contributed by atoms with Gasteiger partial charge in [-0.2, -0.15) is 0 Å². The van der Waals surface area contributed by atoms with Crippen molar-refractivity contribution in [1.82, 2.24) is 5.32 Å². The molecule has 0 aromatic heterocycles. The van der Waals surface area contributed by atoms with E-state index in [9.17, 15) is 4.79 Å². The zero-order valence-corrected chi connectivity index (χ0v) is 16.5. The van der Waals surface area contributed by atoms with Crippen LogP contribution in [0.3, 0.4) is 0 Å². The summed E-state index contributed by atoms with van der Waals surface area (Å²) in [4.78, 5) is 12.2. The number of carbonyl (C=O) groups is 1. The molecule has 0 fully saturated rings. The van der Waals surface area contributed by atoms with Crippen LogP contribution in [0.4, 0.5) is 0 Å². The van der Waals surface area contributed by atoms with Gasteiger partial charge in [-0.15, -0.1) is 11.8 Å². The van der Waals surface area contributed by atoms with Crippen molar-refractivity contribution in [3.63, 3.8) is 0 Å². The number of carbonyl (C=O) groups excluding carboxylic acids is 1. The lowest BCUT2D eigenvalue weighted by Gasteiger charge is -2.16. The van der Waals surface area contributed by atoms with E-state index in [1.165, 1.54) is 5.56 Å². The highest BCUT2D eigenvalue weighted by molar-refractivity contribution is 9.10. The number of hydrogen-bond donors (Lipinski definition) is 1. The van der Waals surface area contributed by atoms with Gasteiger partial charge in [-0.05, 0) is 31.5 Å². The molecule has 0 heterocycles. The van der Waals surface area contributed by atoms with E-state index in [1.54, 1.807) is 18.9 Å². The smallest absolute Gasteiger partial charge is 0.230 e. The lowest BCUT2D eigenvalue weighted by Crippen LogP contribution is -2.28. The van der Waals surface area contributed by atoms with Crippen molar-refractivity contribution < 1.29 is 9.53 Å². The van der Waals surface area contributed by atoms with E-state index in [4.69, 9.17) is 4.74 Å². The van der Waals surface area contributed by atoms with E-state index < -0.39 is 0 Å². The first-order chi connectivity index (χ1) is 11.5. The maximum Gasteiger partial charge on any atom is 0.230 e. The Morgan fingerprint density at radius 1 is 1.29 bits per heavy atom. The maximum absolute atomic E-state index is 12.2. The minimum Gasteiger partial charge on any atom is -0.496 e. The number of amides is 1. The quantitative estimate of drug-likeness (QED) is 0.710. The van der Waals surface area contributed by atoms with Crippen molar-refractivity contribution in [3.05, 3.63) is 63.6 Å². The number of halogens is 1. The van der Waals surface area contributed by atoms with Crippen molar-refractivity contribution in [3.8, 4) is 5.75 Å². The van der Waals surface area contributed by atoms with Crippen LogP contribution in [-0.2, 0) is 10.5 Å². The van der Waals surface area contributed by atoms with Crippen LogP contribution in [-0.4, -0.2) is 18.8 Å². The molecule has 5 heteroatoms. The molecule has 2 aromatic rings. The van der Waals surface area contributed by atoms with E-state index in [0.717, 1.165) is 27.1 Å². The van der Waals surface area contributed by atoms with Gasteiger partial charge in [-0.1, -0.05) is 51.8 Å². The number of aryl methyl sites for hydroxylation is 1. The molecule has 0 radical (unpaired) electrons. The molecule has 0 saturated carbocycles. The molecule has 0 bridgehead atoms. The average molecular weight is 408 g/mol. The van der Waals surface area contributed by atoms with Crippen molar-refractivity contribution in [2.45, 2.75) is 25.6 Å². The molecule has 128 valence electrons. The largest absolute Gasteiger partial charge is 0.496 e. The van der Waals surface area contributed by atoms with E-state index in [1.807, 2.05) is 43.3 Å². The Labute approximate surface area is 156 Å². The molecule has 0 saturated heterocycles. The molecule has 0 aliphatic heterocycles. The fourth-order valence-electron chi connectivity index (χ4n) is 2.46. The first-order valence-electron chi connectivity index (χ1n) is 7.76. The lowest BCUT2D eigenvalue weighted by molar-refractivity contribution is -0.119. The molecule has 2 aromatic carbocycles. The van der Waals surface area contributed by atoms with Crippen LogP contribution < -0.4 is 10.1 Å². The molecule has 0 spiro atoms. The van der Waals surface area contributed by atoms with Gasteiger partial charge in [-0.25, -0.2) is 0 Å². The van der Waals surface area contributed by atoms with Crippen molar-refractivity contribution in [2.75, 3.05) is 12.9 Å². The van der Waals surface area contributed by atoms with Gasteiger partial charge in [0.2, 0.25) is 5.91 Å². The third kappa shape index (κ3) is 5.28. The number of benzene rings is 2. The Hall–Kier alpha value is -1.46. The Kier molecular flexibility index (Phi) is 7.18. The summed E-state index contributed by atoms with van der Waals surface area (Å²) in [5.41, 5.74) is 3.39. The molecule has 1 atom stereocenters. The van der Waals surface area contributed by atoms with Crippen LogP contribution in [0.1, 0.15) is 29.7 Å². The van der Waals surface area contributed by atoms with Crippen LogP contribution in [0, 0.1) is 6.92 Å². The first kappa shape index (κ1) is 18.9. The minimum absolute atomic E-state index is 0.0258. The second-order valence-corrected chi connectivity index (χ2v) is 7.46. The predicted octanol–water partition coefficient (Wildman–Crippen LogP) is 4.88. The van der Waals surface area contributed by atoms with Crippen molar-refractivity contribution in [2.24, 2.45) is 0 Å². The van der Waals surface area contributed by atoms with Gasteiger partial charge >= 0.3 is 0 Å². The van der Waals surface area contributed by atoms with Crippen LogP contribution in [0.15, 0.2) is 46.9 Å². The standard InChI is InChI=1S/C19H22BrNO2S/c1-13-8-9-18(23-3)15(10-13)11-24-12-19(22)21-14(2)16-6-4-5-7-17(16)20/h4-10,14H,11-12H2,1-3H3,(H,21,22)/t14-/m1/s1. The van der Waals surface area contributed by atoms with Gasteiger partial charge < -0.3 is 10.1 Å². The number of ether oxygens (including phenoxy) is 1. The Balaban J connectivity index is 1.86. The minimum atomic E-state index is -0.0258. The SMILES string of the molecule is COc1ccc(C)cc1CSCC(=O)N[C@H](C)c1ccccc1Br. The van der Waals surface area contributed by atoms with Crippen LogP contribution in [0.25, 0.3) is 0 Å². The van der Waals surface area contributed by atoms with Gasteiger partial charge in [0.05, 0.1) is 18.9 Å². The fraction of sp³-hybridized carbons (Fsp3) is 0.316. The monoisotopic (exact) mass is 407 g/mol. The molecule has 3 nitrogen and oxygen atoms in total. The molecule has 2 rings (SSSR count). The molecular formula is C19H22BrNO2S. The second kappa shape index (κ2) is 9.14. The highest BCUT2D eigenvalue weighted by Gasteiger charge is 2.12. The number of thioether (sulfide) groups is 1. The second-order valence-electron chi connectivity index (χ2n) is 5.62. The number of hydrogen-bond acceptors (Lipinski definition) is 3. The fourth-order valence-corrected chi connectivity index (χ4v) is 3.91. The molecule has 1 amide bonds. The maximum atomic E-state index is 12.2. The van der Waals surface area contributed by atoms with Crippen LogP contribution >= 0.6 is 27.7 Å². The molecule has 24 heavy (non-hydrogen) atoms. The first-order valence-corrected chi connectivity index (χ1v) is 9.71. The van der Waals surface area contributed by atoms with Gasteiger partial charge in [0, 0.05) is 15.8 Å². The van der Waals surface area contributed by atoms with Crippen LogP contribution in [0.2, 0.25) is 0 Å². The Morgan fingerprint density at radius 2 is 2.04 bits per heavy atom. The summed E-state index contributed by atoms with van der Waals surface area (Å²) in [6.07, 6.45) is 0. The Morgan fingerprint density at radius 3 is 2.75 bits per heavy atom. The molecule has 0 aliphatic carbocycles. The zero-order chi connectivity index (χ0) is 17.5. The topological polar surface area (TPSA) is 38.3 Å². The van der Waals surface area contributed by atoms with E-state index in [2.05, 4.69) is 34.2 Å². The average Bonchev–Trinajstić information content (AvgIpc) is 2.55. The van der Waals surface area contributed by atoms with Gasteiger partial charge in [0.15, 0.2) is 0 Å². The number of rotatable bonds is 7. The highest BCUT2D eigenvalue weighted by Crippen LogP contribution is 2.25. The van der Waals surface area contributed by atoms with Gasteiger partial charge in [0.1, 0.15) is 5.75 Å². The zero-order valence-electron chi connectivity index (χ0n) is 14.1. The summed E-state index contributed by atoms with van der Waals surface area (Å²) >= 11 is 5.11. The summed E-state index contributed by atoms with van der Waals surface area (Å²) in [6.45, 7) is 4.05. The molecule has 1 N–H and O–H groups in total. The summed E-state index contributed by atoms with van der Waals surface area (Å²) in [6, 6.07) is 14.0. The molecule has 0 aliphatic rings. The Bertz CT molecular complexity index is 706. The van der Waals surface area contributed by atoms with Gasteiger partial charge in [-0.3, -0.25) is 4.79 Å². The molecular weight excluding hydrogens is 386 g/mol. The molecule has 0 unspecified atom stereocenters. The van der Waals surface area contributed by atoms with E-state index >= 15 is 0 Å². The van der Waals surface area contributed by atoms with E-state index in [0.29, 0.717) is 5.75 Å². The summed E-state index contributed by atoms with van der Waals surface area (Å²) in [7, 11) is 1.67. The number of nitrogens with one attached hydrogen (secondary N) is 1.